The number of ether oxygens (including phenoxy) is 1. The predicted molar refractivity (Wildman–Crippen MR) is 160 cm³/mol. The van der Waals surface area contributed by atoms with Gasteiger partial charge in [0.1, 0.15) is 5.75 Å². The molecular formula is C34H40N4O2. The van der Waals surface area contributed by atoms with Crippen LogP contribution < -0.4 is 4.74 Å². The van der Waals surface area contributed by atoms with Crippen LogP contribution in [0, 0.1) is 0 Å². The molecule has 2 heterocycles. The van der Waals surface area contributed by atoms with E-state index in [9.17, 15) is 4.79 Å². The number of carbonyl (C=O) groups is 1. The van der Waals surface area contributed by atoms with E-state index in [0.29, 0.717) is 23.0 Å². The van der Waals surface area contributed by atoms with Gasteiger partial charge in [-0.15, -0.1) is 0 Å². The summed E-state index contributed by atoms with van der Waals surface area (Å²) in [6.45, 7) is 4.44. The molecule has 2 aromatic heterocycles. The molecule has 0 saturated carbocycles. The number of rotatable bonds is 15. The van der Waals surface area contributed by atoms with Crippen molar-refractivity contribution < 1.29 is 9.53 Å². The fourth-order valence-corrected chi connectivity index (χ4v) is 4.55. The maximum absolute atomic E-state index is 12.7. The van der Waals surface area contributed by atoms with E-state index in [4.69, 9.17) is 4.74 Å². The lowest BCUT2D eigenvalue weighted by Gasteiger charge is -2.07. The van der Waals surface area contributed by atoms with Gasteiger partial charge in [-0.2, -0.15) is 0 Å². The molecule has 0 amide bonds. The molecule has 0 unspecified atom stereocenters. The molecule has 208 valence electrons. The van der Waals surface area contributed by atoms with Crippen molar-refractivity contribution in [3.8, 4) is 28.5 Å². The van der Waals surface area contributed by atoms with Crippen molar-refractivity contribution in [3.63, 3.8) is 0 Å². The van der Waals surface area contributed by atoms with Gasteiger partial charge in [0, 0.05) is 35.9 Å². The SMILES string of the molecule is CCCCCCCc1cnc(-c2ccc(OC(=O)c3ccc(-c4ncc(CCCCCC)cn4)cc3)cc2)nc1. The molecule has 0 aliphatic carbocycles. The van der Waals surface area contributed by atoms with Gasteiger partial charge >= 0.3 is 5.97 Å². The highest BCUT2D eigenvalue weighted by Crippen LogP contribution is 2.22. The molecule has 6 heteroatoms. The molecular weight excluding hydrogens is 496 g/mol. The highest BCUT2D eigenvalue weighted by molar-refractivity contribution is 5.91. The lowest BCUT2D eigenvalue weighted by Crippen LogP contribution is -2.08. The van der Waals surface area contributed by atoms with E-state index < -0.39 is 5.97 Å². The van der Waals surface area contributed by atoms with Crippen molar-refractivity contribution >= 4 is 5.97 Å². The molecule has 6 nitrogen and oxygen atoms in total. The first kappa shape index (κ1) is 29.1. The van der Waals surface area contributed by atoms with E-state index in [1.165, 1.54) is 51.4 Å². The highest BCUT2D eigenvalue weighted by Gasteiger charge is 2.11. The number of benzene rings is 2. The number of unbranched alkanes of at least 4 members (excludes halogenated alkanes) is 7. The quantitative estimate of drug-likeness (QED) is 0.0861. The van der Waals surface area contributed by atoms with E-state index in [1.54, 1.807) is 24.3 Å². The number of aromatic nitrogens is 4. The van der Waals surface area contributed by atoms with Crippen molar-refractivity contribution in [3.05, 3.63) is 90.0 Å². The second-order valence-electron chi connectivity index (χ2n) is 10.3. The van der Waals surface area contributed by atoms with Crippen LogP contribution >= 0.6 is 0 Å². The van der Waals surface area contributed by atoms with Crippen molar-refractivity contribution in [2.75, 3.05) is 0 Å². The number of nitrogens with zero attached hydrogens (tertiary/aromatic N) is 4. The smallest absolute Gasteiger partial charge is 0.343 e. The number of carbonyl (C=O) groups excluding carboxylic acids is 1. The first-order chi connectivity index (χ1) is 19.7. The van der Waals surface area contributed by atoms with E-state index in [1.807, 2.05) is 49.1 Å². The largest absolute Gasteiger partial charge is 0.423 e. The van der Waals surface area contributed by atoms with Gasteiger partial charge in [0.2, 0.25) is 0 Å². The summed E-state index contributed by atoms with van der Waals surface area (Å²) in [6.07, 6.45) is 20.8. The van der Waals surface area contributed by atoms with Gasteiger partial charge in [-0.25, -0.2) is 24.7 Å². The maximum atomic E-state index is 12.7. The van der Waals surface area contributed by atoms with Gasteiger partial charge in [-0.3, -0.25) is 0 Å². The number of esters is 1. The van der Waals surface area contributed by atoms with Gasteiger partial charge in [-0.1, -0.05) is 70.9 Å². The summed E-state index contributed by atoms with van der Waals surface area (Å²) in [6, 6.07) is 14.5. The Balaban J connectivity index is 1.28. The number of hydrogen-bond acceptors (Lipinski definition) is 6. The molecule has 0 spiro atoms. The predicted octanol–water partition coefficient (Wildman–Crippen LogP) is 8.46. The van der Waals surface area contributed by atoms with Gasteiger partial charge < -0.3 is 4.74 Å². The fraction of sp³-hybridized carbons (Fsp3) is 0.382. The van der Waals surface area contributed by atoms with Crippen LogP contribution in [0.4, 0.5) is 0 Å². The van der Waals surface area contributed by atoms with Crippen LogP contribution in [0.1, 0.15) is 93.1 Å². The van der Waals surface area contributed by atoms with Gasteiger partial charge in [0.25, 0.3) is 0 Å². The summed E-state index contributed by atoms with van der Waals surface area (Å²) in [4.78, 5) is 30.8. The van der Waals surface area contributed by atoms with Crippen LogP contribution in [0.3, 0.4) is 0 Å². The van der Waals surface area contributed by atoms with E-state index in [2.05, 4.69) is 33.8 Å². The average Bonchev–Trinajstić information content (AvgIpc) is 3.00. The minimum atomic E-state index is -0.415. The highest BCUT2D eigenvalue weighted by atomic mass is 16.5. The second-order valence-corrected chi connectivity index (χ2v) is 10.3. The summed E-state index contributed by atoms with van der Waals surface area (Å²) < 4.78 is 5.59. The van der Waals surface area contributed by atoms with Crippen molar-refractivity contribution in [1.82, 2.24) is 19.9 Å². The second kappa shape index (κ2) is 15.6. The normalized spacial score (nSPS) is 10.9. The Morgan fingerprint density at radius 3 is 1.48 bits per heavy atom. The third kappa shape index (κ3) is 8.80. The van der Waals surface area contributed by atoms with Crippen molar-refractivity contribution in [1.29, 1.82) is 0 Å². The summed E-state index contributed by atoms with van der Waals surface area (Å²) in [7, 11) is 0. The third-order valence-corrected chi connectivity index (χ3v) is 7.00. The molecule has 0 N–H and O–H groups in total. The molecule has 4 rings (SSSR count). The average molecular weight is 537 g/mol. The third-order valence-electron chi connectivity index (χ3n) is 7.00. The monoisotopic (exact) mass is 536 g/mol. The molecule has 0 bridgehead atoms. The summed E-state index contributed by atoms with van der Waals surface area (Å²) in [5, 5.41) is 0. The van der Waals surface area contributed by atoms with E-state index in [0.717, 1.165) is 41.5 Å². The Kier molecular flexibility index (Phi) is 11.3. The molecule has 0 fully saturated rings. The Morgan fingerprint density at radius 1 is 0.575 bits per heavy atom. The number of hydrogen-bond donors (Lipinski definition) is 0. The van der Waals surface area contributed by atoms with Gasteiger partial charge in [0.15, 0.2) is 11.6 Å². The van der Waals surface area contributed by atoms with Crippen LogP contribution in [-0.4, -0.2) is 25.9 Å². The van der Waals surface area contributed by atoms with E-state index >= 15 is 0 Å². The van der Waals surface area contributed by atoms with Gasteiger partial charge in [-0.05, 0) is 73.2 Å². The van der Waals surface area contributed by atoms with Crippen LogP contribution in [0.2, 0.25) is 0 Å². The first-order valence-electron chi connectivity index (χ1n) is 14.7. The molecule has 40 heavy (non-hydrogen) atoms. The zero-order valence-electron chi connectivity index (χ0n) is 23.8. The van der Waals surface area contributed by atoms with Crippen LogP contribution in [-0.2, 0) is 12.8 Å². The summed E-state index contributed by atoms with van der Waals surface area (Å²) in [5.74, 6) is 1.37. The summed E-state index contributed by atoms with van der Waals surface area (Å²) in [5.41, 5.74) is 4.53. The zero-order chi connectivity index (χ0) is 28.0. The molecule has 0 atom stereocenters. The van der Waals surface area contributed by atoms with Crippen LogP contribution in [0.15, 0.2) is 73.3 Å². The minimum Gasteiger partial charge on any atom is -0.423 e. The van der Waals surface area contributed by atoms with Crippen LogP contribution in [0.25, 0.3) is 22.8 Å². The molecule has 0 aliphatic heterocycles. The molecule has 0 aliphatic rings. The Morgan fingerprint density at radius 2 is 1.00 bits per heavy atom. The van der Waals surface area contributed by atoms with Crippen molar-refractivity contribution in [2.45, 2.75) is 84.5 Å². The van der Waals surface area contributed by atoms with Gasteiger partial charge in [0.05, 0.1) is 5.56 Å². The topological polar surface area (TPSA) is 77.9 Å². The lowest BCUT2D eigenvalue weighted by atomic mass is 10.1. The standard InChI is InChI=1S/C34H40N4O2/c1-3-5-7-9-11-13-27-24-37-33(38-25-27)29-18-20-31(21-19-29)40-34(39)30-16-14-28(15-17-30)32-35-22-26(23-36-32)12-10-8-6-4-2/h14-25H,3-13H2,1-2H3. The Bertz CT molecular complexity index is 1300. The molecule has 0 saturated heterocycles. The molecule has 0 radical (unpaired) electrons. The maximum Gasteiger partial charge on any atom is 0.343 e. The molecule has 4 aromatic rings. The van der Waals surface area contributed by atoms with Crippen molar-refractivity contribution in [2.24, 2.45) is 0 Å². The van der Waals surface area contributed by atoms with Crippen LogP contribution in [0.5, 0.6) is 5.75 Å². The summed E-state index contributed by atoms with van der Waals surface area (Å²) >= 11 is 0. The number of aryl methyl sites for hydroxylation is 2. The minimum absolute atomic E-state index is 0.415. The lowest BCUT2D eigenvalue weighted by molar-refractivity contribution is 0.0735. The Hall–Kier alpha value is -3.93. The zero-order valence-corrected chi connectivity index (χ0v) is 23.8. The van der Waals surface area contributed by atoms with E-state index in [-0.39, 0.29) is 0 Å². The Labute approximate surface area is 238 Å². The molecule has 2 aromatic carbocycles. The first-order valence-corrected chi connectivity index (χ1v) is 14.7. The fourth-order valence-electron chi connectivity index (χ4n) is 4.55.